The Balaban J connectivity index is 1.89. The summed E-state index contributed by atoms with van der Waals surface area (Å²) in [5.74, 6) is 1.20. The van der Waals surface area contributed by atoms with Gasteiger partial charge < -0.3 is 4.57 Å². The lowest BCUT2D eigenvalue weighted by Crippen LogP contribution is -1.96. The van der Waals surface area contributed by atoms with E-state index in [9.17, 15) is 0 Å². The Morgan fingerprint density at radius 1 is 1.00 bits per heavy atom. The van der Waals surface area contributed by atoms with Crippen LogP contribution in [0.15, 0.2) is 53.7 Å². The molecule has 22 heavy (non-hydrogen) atoms. The Morgan fingerprint density at radius 3 is 2.50 bits per heavy atom. The summed E-state index contributed by atoms with van der Waals surface area (Å²) in [4.78, 5) is 10.3. The van der Waals surface area contributed by atoms with E-state index in [0.29, 0.717) is 0 Å². The van der Waals surface area contributed by atoms with Crippen LogP contribution in [0.1, 0.15) is 12.2 Å². The fraction of sp³-hybridized carbons (Fsp3) is 0.222. The Labute approximate surface area is 134 Å². The molecule has 0 unspecified atom stereocenters. The first kappa shape index (κ1) is 13.6. The van der Waals surface area contributed by atoms with Gasteiger partial charge in [-0.2, -0.15) is 0 Å². The van der Waals surface area contributed by atoms with Crippen LogP contribution < -0.4 is 0 Å². The summed E-state index contributed by atoms with van der Waals surface area (Å²) in [7, 11) is 0. The lowest BCUT2D eigenvalue weighted by atomic mass is 10.1. The van der Waals surface area contributed by atoms with Gasteiger partial charge in [0.1, 0.15) is 5.82 Å². The van der Waals surface area contributed by atoms with Gasteiger partial charge in [-0.1, -0.05) is 12.1 Å². The van der Waals surface area contributed by atoms with Crippen LogP contribution in [0.5, 0.6) is 0 Å². The SMILES string of the molecule is CSc1ccc(-c2nc3n(c2-c2ccncc2)CCC3)cc1. The van der Waals surface area contributed by atoms with E-state index in [1.807, 2.05) is 12.4 Å². The van der Waals surface area contributed by atoms with E-state index in [0.717, 1.165) is 18.7 Å². The number of aromatic nitrogens is 3. The van der Waals surface area contributed by atoms with E-state index < -0.39 is 0 Å². The van der Waals surface area contributed by atoms with E-state index in [1.165, 1.54) is 34.0 Å². The summed E-state index contributed by atoms with van der Waals surface area (Å²) in [6, 6.07) is 12.8. The molecule has 1 aliphatic heterocycles. The van der Waals surface area contributed by atoms with Crippen LogP contribution in [-0.4, -0.2) is 20.8 Å². The van der Waals surface area contributed by atoms with Crippen LogP contribution in [0.25, 0.3) is 22.5 Å². The normalized spacial score (nSPS) is 13.3. The number of hydrogen-bond donors (Lipinski definition) is 0. The maximum atomic E-state index is 4.93. The molecule has 0 saturated carbocycles. The molecular formula is C18H17N3S. The lowest BCUT2D eigenvalue weighted by molar-refractivity contribution is 0.756. The van der Waals surface area contributed by atoms with Gasteiger partial charge in [0.05, 0.1) is 11.4 Å². The van der Waals surface area contributed by atoms with Gasteiger partial charge in [0.15, 0.2) is 0 Å². The van der Waals surface area contributed by atoms with Gasteiger partial charge in [-0.15, -0.1) is 11.8 Å². The number of hydrogen-bond acceptors (Lipinski definition) is 3. The summed E-state index contributed by atoms with van der Waals surface area (Å²) in [6.45, 7) is 1.06. The van der Waals surface area contributed by atoms with Crippen molar-refractivity contribution in [2.45, 2.75) is 24.3 Å². The van der Waals surface area contributed by atoms with Crippen LogP contribution in [-0.2, 0) is 13.0 Å². The van der Waals surface area contributed by atoms with Crippen LogP contribution in [0, 0.1) is 0 Å². The number of benzene rings is 1. The highest BCUT2D eigenvalue weighted by atomic mass is 32.2. The summed E-state index contributed by atoms with van der Waals surface area (Å²) < 4.78 is 2.37. The third-order valence-electron chi connectivity index (χ3n) is 4.15. The standard InChI is InChI=1S/C18H17N3S/c1-22-15-6-4-13(5-7-15)17-18(14-8-10-19-11-9-14)21-12-2-3-16(21)20-17/h4-11H,2-3,12H2,1H3. The molecule has 4 heteroatoms. The molecule has 0 aliphatic carbocycles. The second kappa shape index (κ2) is 5.61. The zero-order chi connectivity index (χ0) is 14.9. The molecule has 2 aromatic heterocycles. The molecule has 0 amide bonds. The highest BCUT2D eigenvalue weighted by Gasteiger charge is 2.22. The molecule has 0 saturated heterocycles. The minimum absolute atomic E-state index is 1.06. The molecule has 0 spiro atoms. The predicted octanol–water partition coefficient (Wildman–Crippen LogP) is 4.28. The third-order valence-corrected chi connectivity index (χ3v) is 4.89. The van der Waals surface area contributed by atoms with Crippen molar-refractivity contribution in [2.75, 3.05) is 6.26 Å². The van der Waals surface area contributed by atoms with Gasteiger partial charge >= 0.3 is 0 Å². The number of nitrogens with zero attached hydrogens (tertiary/aromatic N) is 3. The number of thioether (sulfide) groups is 1. The molecular weight excluding hydrogens is 290 g/mol. The first-order valence-electron chi connectivity index (χ1n) is 7.51. The zero-order valence-corrected chi connectivity index (χ0v) is 13.3. The minimum atomic E-state index is 1.06. The highest BCUT2D eigenvalue weighted by molar-refractivity contribution is 7.98. The van der Waals surface area contributed by atoms with Crippen molar-refractivity contribution in [1.82, 2.24) is 14.5 Å². The fourth-order valence-electron chi connectivity index (χ4n) is 3.08. The molecule has 0 N–H and O–H groups in total. The first-order chi connectivity index (χ1) is 10.9. The Kier molecular flexibility index (Phi) is 3.47. The molecule has 110 valence electrons. The lowest BCUT2D eigenvalue weighted by Gasteiger charge is -2.08. The van der Waals surface area contributed by atoms with E-state index in [-0.39, 0.29) is 0 Å². The maximum absolute atomic E-state index is 4.93. The Bertz CT molecular complexity index is 791. The van der Waals surface area contributed by atoms with E-state index >= 15 is 0 Å². The van der Waals surface area contributed by atoms with Crippen molar-refractivity contribution in [3.05, 3.63) is 54.6 Å². The van der Waals surface area contributed by atoms with Crippen molar-refractivity contribution < 1.29 is 0 Å². The molecule has 3 nitrogen and oxygen atoms in total. The average molecular weight is 307 g/mol. The topological polar surface area (TPSA) is 30.7 Å². The number of pyridine rings is 1. The Morgan fingerprint density at radius 2 is 1.77 bits per heavy atom. The average Bonchev–Trinajstić information content (AvgIpc) is 3.16. The third kappa shape index (κ3) is 2.24. The second-order valence-corrected chi connectivity index (χ2v) is 6.32. The number of rotatable bonds is 3. The van der Waals surface area contributed by atoms with Crippen molar-refractivity contribution in [2.24, 2.45) is 0 Å². The first-order valence-corrected chi connectivity index (χ1v) is 8.73. The summed E-state index contributed by atoms with van der Waals surface area (Å²) in [6.07, 6.45) is 8.06. The number of imidazole rings is 1. The van der Waals surface area contributed by atoms with Gasteiger partial charge in [-0.05, 0) is 36.9 Å². The zero-order valence-electron chi connectivity index (χ0n) is 12.5. The van der Waals surface area contributed by atoms with Gasteiger partial charge in [-0.3, -0.25) is 4.98 Å². The van der Waals surface area contributed by atoms with E-state index in [4.69, 9.17) is 4.98 Å². The summed E-state index contributed by atoms with van der Waals surface area (Å²) in [5, 5.41) is 0. The molecule has 0 bridgehead atoms. The van der Waals surface area contributed by atoms with Crippen LogP contribution >= 0.6 is 11.8 Å². The maximum Gasteiger partial charge on any atom is 0.109 e. The van der Waals surface area contributed by atoms with Crippen LogP contribution in [0.3, 0.4) is 0 Å². The molecule has 1 aromatic carbocycles. The summed E-state index contributed by atoms with van der Waals surface area (Å²) >= 11 is 1.76. The number of fused-ring (bicyclic) bond motifs is 1. The second-order valence-electron chi connectivity index (χ2n) is 5.44. The van der Waals surface area contributed by atoms with Gasteiger partial charge in [0.2, 0.25) is 0 Å². The van der Waals surface area contributed by atoms with Crippen molar-refractivity contribution in [1.29, 1.82) is 0 Å². The van der Waals surface area contributed by atoms with Gasteiger partial charge in [-0.25, -0.2) is 4.98 Å². The van der Waals surface area contributed by atoms with Crippen LogP contribution in [0.2, 0.25) is 0 Å². The monoisotopic (exact) mass is 307 g/mol. The van der Waals surface area contributed by atoms with E-state index in [2.05, 4.69) is 52.2 Å². The fourth-order valence-corrected chi connectivity index (χ4v) is 3.49. The summed E-state index contributed by atoms with van der Waals surface area (Å²) in [5.41, 5.74) is 4.70. The molecule has 1 aliphatic rings. The molecule has 4 rings (SSSR count). The van der Waals surface area contributed by atoms with Crippen molar-refractivity contribution in [3.63, 3.8) is 0 Å². The molecule has 0 atom stereocenters. The number of aryl methyl sites for hydroxylation is 1. The van der Waals surface area contributed by atoms with Gasteiger partial charge in [0.25, 0.3) is 0 Å². The van der Waals surface area contributed by atoms with Crippen molar-refractivity contribution in [3.8, 4) is 22.5 Å². The molecule has 0 radical (unpaired) electrons. The predicted molar refractivity (Wildman–Crippen MR) is 91.0 cm³/mol. The van der Waals surface area contributed by atoms with Crippen LogP contribution in [0.4, 0.5) is 0 Å². The quantitative estimate of drug-likeness (QED) is 0.677. The van der Waals surface area contributed by atoms with Crippen molar-refractivity contribution >= 4 is 11.8 Å². The molecule has 3 aromatic rings. The minimum Gasteiger partial charge on any atom is -0.327 e. The highest BCUT2D eigenvalue weighted by Crippen LogP contribution is 2.35. The molecule has 0 fully saturated rings. The smallest absolute Gasteiger partial charge is 0.109 e. The molecule has 3 heterocycles. The Hall–Kier alpha value is -2.07. The van der Waals surface area contributed by atoms with Gasteiger partial charge in [0, 0.05) is 41.4 Å². The largest absolute Gasteiger partial charge is 0.327 e. The van der Waals surface area contributed by atoms with E-state index in [1.54, 1.807) is 11.8 Å².